The minimum atomic E-state index is 0.234. The van der Waals surface area contributed by atoms with Crippen molar-refractivity contribution in [3.8, 4) is 5.75 Å². The Kier molecular flexibility index (Phi) is 4.17. The van der Waals surface area contributed by atoms with Crippen molar-refractivity contribution in [3.05, 3.63) is 40.5 Å². The Labute approximate surface area is 110 Å². The predicted octanol–water partition coefficient (Wildman–Crippen LogP) is 2.33. The molecule has 0 aliphatic heterocycles. The van der Waals surface area contributed by atoms with Crippen LogP contribution in [0.2, 0.25) is 5.02 Å². The fourth-order valence-electron chi connectivity index (χ4n) is 1.56. The van der Waals surface area contributed by atoms with Crippen molar-refractivity contribution >= 4 is 11.6 Å². The summed E-state index contributed by atoms with van der Waals surface area (Å²) in [7, 11) is 1.86. The van der Waals surface area contributed by atoms with Crippen molar-refractivity contribution in [2.45, 2.75) is 20.1 Å². The molecule has 1 N–H and O–H groups in total. The monoisotopic (exact) mass is 267 g/mol. The van der Waals surface area contributed by atoms with Gasteiger partial charge in [0, 0.05) is 17.1 Å². The first-order chi connectivity index (χ1) is 8.70. The Hall–Kier alpha value is -1.59. The molecule has 18 heavy (non-hydrogen) atoms. The zero-order valence-electron chi connectivity index (χ0n) is 10.2. The molecule has 2 rings (SSSR count). The molecule has 0 aliphatic rings. The van der Waals surface area contributed by atoms with Crippen molar-refractivity contribution in [1.82, 2.24) is 15.5 Å². The number of rotatable bonds is 5. The molecule has 0 unspecified atom stereocenters. The molecule has 0 amide bonds. The third-order valence-electron chi connectivity index (χ3n) is 2.35. The van der Waals surface area contributed by atoms with Gasteiger partial charge in [-0.3, -0.25) is 0 Å². The van der Waals surface area contributed by atoms with Crippen LogP contribution in [0.5, 0.6) is 5.75 Å². The van der Waals surface area contributed by atoms with E-state index in [1.165, 1.54) is 0 Å². The van der Waals surface area contributed by atoms with Gasteiger partial charge in [0.25, 0.3) is 5.89 Å². The summed E-state index contributed by atoms with van der Waals surface area (Å²) in [4.78, 5) is 4.07. The lowest BCUT2D eigenvalue weighted by molar-refractivity contribution is 0.240. The molecule has 0 spiro atoms. The highest BCUT2D eigenvalue weighted by molar-refractivity contribution is 6.31. The summed E-state index contributed by atoms with van der Waals surface area (Å²) in [6.45, 7) is 2.63. The van der Waals surface area contributed by atoms with Gasteiger partial charge in [-0.25, -0.2) is 0 Å². The van der Waals surface area contributed by atoms with Crippen LogP contribution in [0.1, 0.15) is 17.3 Å². The number of hydrogen-bond donors (Lipinski definition) is 1. The number of aryl methyl sites for hydroxylation is 1. The highest BCUT2D eigenvalue weighted by Gasteiger charge is 2.09. The molecule has 0 atom stereocenters. The Balaban J connectivity index is 2.11. The van der Waals surface area contributed by atoms with Gasteiger partial charge in [0.05, 0.1) is 0 Å². The number of benzene rings is 1. The lowest BCUT2D eigenvalue weighted by Crippen LogP contribution is -2.08. The van der Waals surface area contributed by atoms with Gasteiger partial charge in [-0.05, 0) is 26.1 Å². The van der Waals surface area contributed by atoms with Crippen LogP contribution in [0.15, 0.2) is 22.7 Å². The largest absolute Gasteiger partial charge is 0.483 e. The molecule has 2 aromatic rings. The van der Waals surface area contributed by atoms with Crippen molar-refractivity contribution in [2.75, 3.05) is 7.05 Å². The minimum Gasteiger partial charge on any atom is -0.483 e. The van der Waals surface area contributed by atoms with Crippen LogP contribution >= 0.6 is 11.6 Å². The van der Waals surface area contributed by atoms with Gasteiger partial charge in [0.1, 0.15) is 5.75 Å². The molecule has 0 bridgehead atoms. The number of ether oxygens (including phenoxy) is 1. The van der Waals surface area contributed by atoms with Crippen molar-refractivity contribution in [3.63, 3.8) is 0 Å². The molecule has 0 fully saturated rings. The lowest BCUT2D eigenvalue weighted by atomic mass is 10.2. The molecular weight excluding hydrogens is 254 g/mol. The van der Waals surface area contributed by atoms with Gasteiger partial charge in [-0.1, -0.05) is 22.8 Å². The number of aromatic nitrogens is 2. The Morgan fingerprint density at radius 1 is 1.44 bits per heavy atom. The highest BCUT2D eigenvalue weighted by atomic mass is 35.5. The van der Waals surface area contributed by atoms with Gasteiger partial charge in [0.2, 0.25) is 0 Å². The van der Waals surface area contributed by atoms with Gasteiger partial charge >= 0.3 is 0 Å². The maximum Gasteiger partial charge on any atom is 0.264 e. The quantitative estimate of drug-likeness (QED) is 0.901. The summed E-state index contributed by atoms with van der Waals surface area (Å²) in [5, 5.41) is 7.42. The van der Waals surface area contributed by atoms with Gasteiger partial charge in [0.15, 0.2) is 12.4 Å². The van der Waals surface area contributed by atoms with E-state index in [0.29, 0.717) is 29.0 Å². The van der Waals surface area contributed by atoms with E-state index >= 15 is 0 Å². The second kappa shape index (κ2) is 5.84. The average molecular weight is 268 g/mol. The van der Waals surface area contributed by atoms with Gasteiger partial charge in [-0.15, -0.1) is 0 Å². The van der Waals surface area contributed by atoms with Crippen LogP contribution in [-0.4, -0.2) is 17.2 Å². The summed E-state index contributed by atoms with van der Waals surface area (Å²) < 4.78 is 10.6. The number of nitrogens with zero attached hydrogens (tertiary/aromatic N) is 2. The zero-order valence-corrected chi connectivity index (χ0v) is 11.0. The molecule has 1 aromatic heterocycles. The second-order valence-electron chi connectivity index (χ2n) is 3.77. The number of hydrogen-bond acceptors (Lipinski definition) is 5. The van der Waals surface area contributed by atoms with E-state index in [4.69, 9.17) is 20.9 Å². The Morgan fingerprint density at radius 2 is 2.28 bits per heavy atom. The first-order valence-electron chi connectivity index (χ1n) is 5.54. The maximum atomic E-state index is 6.12. The molecular formula is C12H14ClN3O2. The third-order valence-corrected chi connectivity index (χ3v) is 2.70. The van der Waals surface area contributed by atoms with Crippen LogP contribution in [0.4, 0.5) is 0 Å². The maximum absolute atomic E-state index is 6.12. The lowest BCUT2D eigenvalue weighted by Gasteiger charge is -2.11. The zero-order chi connectivity index (χ0) is 13.0. The smallest absolute Gasteiger partial charge is 0.264 e. The van der Waals surface area contributed by atoms with Crippen LogP contribution in [0, 0.1) is 6.92 Å². The first-order valence-corrected chi connectivity index (χ1v) is 5.92. The predicted molar refractivity (Wildman–Crippen MR) is 67.6 cm³/mol. The topological polar surface area (TPSA) is 60.2 Å². The third kappa shape index (κ3) is 3.00. The van der Waals surface area contributed by atoms with Crippen LogP contribution < -0.4 is 10.1 Å². The van der Waals surface area contributed by atoms with E-state index in [1.807, 2.05) is 25.2 Å². The Morgan fingerprint density at radius 3 is 2.94 bits per heavy atom. The Bertz CT molecular complexity index is 528. The summed E-state index contributed by atoms with van der Waals surface area (Å²) in [6.07, 6.45) is 0. The molecule has 1 heterocycles. The average Bonchev–Trinajstić information content (AvgIpc) is 2.76. The van der Waals surface area contributed by atoms with E-state index in [9.17, 15) is 0 Å². The molecule has 0 saturated heterocycles. The van der Waals surface area contributed by atoms with E-state index in [-0.39, 0.29) is 6.61 Å². The molecule has 1 aromatic carbocycles. The minimum absolute atomic E-state index is 0.234. The van der Waals surface area contributed by atoms with Crippen molar-refractivity contribution < 1.29 is 9.26 Å². The normalized spacial score (nSPS) is 10.6. The molecule has 0 aliphatic carbocycles. The first kappa shape index (κ1) is 12.9. The van der Waals surface area contributed by atoms with Gasteiger partial charge < -0.3 is 14.6 Å². The van der Waals surface area contributed by atoms with Crippen molar-refractivity contribution in [2.24, 2.45) is 0 Å². The van der Waals surface area contributed by atoms with Crippen LogP contribution in [-0.2, 0) is 13.2 Å². The standard InChI is InChI=1S/C12H14ClN3O2/c1-8-15-12(18-16-8)7-17-11-5-3-4-10(13)9(11)6-14-2/h3-5,14H,6-7H2,1-2H3. The fraction of sp³-hybridized carbons (Fsp3) is 0.333. The number of halogens is 1. The van der Waals surface area contributed by atoms with Gasteiger partial charge in [-0.2, -0.15) is 4.98 Å². The SMILES string of the molecule is CNCc1c(Cl)cccc1OCc1nc(C)no1. The molecule has 0 saturated carbocycles. The molecule has 5 nitrogen and oxygen atoms in total. The highest BCUT2D eigenvalue weighted by Crippen LogP contribution is 2.26. The summed E-state index contributed by atoms with van der Waals surface area (Å²) in [5.74, 6) is 1.76. The van der Waals surface area contributed by atoms with E-state index in [2.05, 4.69) is 15.5 Å². The summed E-state index contributed by atoms with van der Waals surface area (Å²) >= 11 is 6.12. The summed E-state index contributed by atoms with van der Waals surface area (Å²) in [6, 6.07) is 5.54. The second-order valence-corrected chi connectivity index (χ2v) is 4.18. The number of nitrogens with one attached hydrogen (secondary N) is 1. The molecule has 96 valence electrons. The molecule has 6 heteroatoms. The van der Waals surface area contributed by atoms with Crippen LogP contribution in [0.3, 0.4) is 0 Å². The van der Waals surface area contributed by atoms with E-state index < -0.39 is 0 Å². The van der Waals surface area contributed by atoms with Crippen molar-refractivity contribution in [1.29, 1.82) is 0 Å². The fourth-order valence-corrected chi connectivity index (χ4v) is 1.79. The summed E-state index contributed by atoms with van der Waals surface area (Å²) in [5.41, 5.74) is 0.915. The van der Waals surface area contributed by atoms with E-state index in [1.54, 1.807) is 6.92 Å². The van der Waals surface area contributed by atoms with Crippen LogP contribution in [0.25, 0.3) is 0 Å². The van der Waals surface area contributed by atoms with E-state index in [0.717, 1.165) is 5.56 Å². The molecule has 0 radical (unpaired) electrons.